The quantitative estimate of drug-likeness (QED) is 0.544. The van der Waals surface area contributed by atoms with E-state index in [0.717, 1.165) is 18.2 Å². The molecule has 2 aliphatic rings. The molecule has 2 N–H and O–H groups in total. The monoisotopic (exact) mass is 473 g/mol. The molecule has 174 valence electrons. The normalized spacial score (nSPS) is 17.5. The Balaban J connectivity index is 1.38. The highest BCUT2D eigenvalue weighted by atomic mass is 32.2. The van der Waals surface area contributed by atoms with Crippen molar-refractivity contribution in [1.29, 1.82) is 0 Å². The van der Waals surface area contributed by atoms with E-state index >= 15 is 0 Å². The predicted molar refractivity (Wildman–Crippen MR) is 121 cm³/mol. The summed E-state index contributed by atoms with van der Waals surface area (Å²) in [5.41, 5.74) is 1.71. The van der Waals surface area contributed by atoms with Crippen LogP contribution in [0.25, 0.3) is 6.08 Å². The molecule has 3 amide bonds. The SMILES string of the molecule is C[C@@H](NS(=O)(=O)/C=C/c1ccc(N2CC(=O)NC2=O)cc1)c1ccc(F)c(OCC2CC2)c1. The molecule has 1 heterocycles. The molecule has 0 unspecified atom stereocenters. The van der Waals surface area contributed by atoms with Gasteiger partial charge in [0.25, 0.3) is 0 Å². The first-order valence-corrected chi connectivity index (χ1v) is 12.1. The van der Waals surface area contributed by atoms with Crippen LogP contribution in [0.2, 0.25) is 0 Å². The van der Waals surface area contributed by atoms with Gasteiger partial charge in [-0.1, -0.05) is 18.2 Å². The van der Waals surface area contributed by atoms with Crippen molar-refractivity contribution in [3.63, 3.8) is 0 Å². The van der Waals surface area contributed by atoms with Gasteiger partial charge in [0.2, 0.25) is 15.9 Å². The Morgan fingerprint density at radius 3 is 2.58 bits per heavy atom. The summed E-state index contributed by atoms with van der Waals surface area (Å²) in [6.45, 7) is 2.07. The van der Waals surface area contributed by atoms with Crippen molar-refractivity contribution >= 4 is 33.7 Å². The van der Waals surface area contributed by atoms with Gasteiger partial charge >= 0.3 is 6.03 Å². The highest BCUT2D eigenvalue weighted by Gasteiger charge is 2.27. The zero-order valence-electron chi connectivity index (χ0n) is 18.0. The molecular formula is C23H24FN3O5S. The Bertz CT molecular complexity index is 1190. The number of imide groups is 1. The number of ether oxygens (including phenoxy) is 1. The van der Waals surface area contributed by atoms with Gasteiger partial charge in [0.05, 0.1) is 6.61 Å². The Labute approximate surface area is 191 Å². The lowest BCUT2D eigenvalue weighted by atomic mass is 10.1. The van der Waals surface area contributed by atoms with Crippen LogP contribution in [0.1, 0.15) is 36.9 Å². The predicted octanol–water partition coefficient (Wildman–Crippen LogP) is 3.32. The molecule has 0 aromatic heterocycles. The fourth-order valence-electron chi connectivity index (χ4n) is 3.33. The number of halogens is 1. The van der Waals surface area contributed by atoms with E-state index in [1.807, 2.05) is 0 Å². The average Bonchev–Trinajstić information content (AvgIpc) is 3.54. The molecule has 0 radical (unpaired) electrons. The van der Waals surface area contributed by atoms with E-state index in [1.165, 1.54) is 29.2 Å². The fourth-order valence-corrected chi connectivity index (χ4v) is 4.37. The largest absolute Gasteiger partial charge is 0.490 e. The first-order chi connectivity index (χ1) is 15.7. The van der Waals surface area contributed by atoms with Gasteiger partial charge in [-0.3, -0.25) is 15.0 Å². The van der Waals surface area contributed by atoms with Crippen LogP contribution >= 0.6 is 0 Å². The Morgan fingerprint density at radius 1 is 1.21 bits per heavy atom. The van der Waals surface area contributed by atoms with E-state index < -0.39 is 27.9 Å². The summed E-state index contributed by atoms with van der Waals surface area (Å²) in [5, 5.41) is 3.24. The number of nitrogens with one attached hydrogen (secondary N) is 2. The minimum Gasteiger partial charge on any atom is -0.490 e. The van der Waals surface area contributed by atoms with E-state index in [1.54, 1.807) is 31.2 Å². The minimum atomic E-state index is -3.79. The molecule has 0 spiro atoms. The van der Waals surface area contributed by atoms with Crippen molar-refractivity contribution in [3.8, 4) is 5.75 Å². The third-order valence-corrected chi connectivity index (χ3v) is 6.58. The number of amides is 3. The molecule has 1 atom stereocenters. The van der Waals surface area contributed by atoms with Gasteiger partial charge in [-0.15, -0.1) is 0 Å². The molecule has 33 heavy (non-hydrogen) atoms. The molecule has 2 aromatic rings. The molecule has 2 fully saturated rings. The number of urea groups is 1. The molecule has 4 rings (SSSR count). The molecule has 2 aromatic carbocycles. The first kappa shape index (κ1) is 22.9. The first-order valence-electron chi connectivity index (χ1n) is 10.5. The lowest BCUT2D eigenvalue weighted by Gasteiger charge is -2.15. The zero-order chi connectivity index (χ0) is 23.6. The number of nitrogens with zero attached hydrogens (tertiary/aromatic N) is 1. The second-order valence-corrected chi connectivity index (χ2v) is 9.76. The molecular weight excluding hydrogens is 449 g/mol. The molecule has 1 saturated carbocycles. The smallest absolute Gasteiger partial charge is 0.329 e. The van der Waals surface area contributed by atoms with Gasteiger partial charge < -0.3 is 4.74 Å². The second kappa shape index (κ2) is 9.32. The lowest BCUT2D eigenvalue weighted by molar-refractivity contribution is -0.117. The van der Waals surface area contributed by atoms with E-state index in [-0.39, 0.29) is 18.2 Å². The number of hydrogen-bond donors (Lipinski definition) is 2. The summed E-state index contributed by atoms with van der Waals surface area (Å²) < 4.78 is 47.1. The molecule has 1 aliphatic heterocycles. The fraction of sp³-hybridized carbons (Fsp3) is 0.304. The molecule has 8 nitrogen and oxygen atoms in total. The van der Waals surface area contributed by atoms with Gasteiger partial charge in [0.1, 0.15) is 6.54 Å². The van der Waals surface area contributed by atoms with Crippen LogP contribution in [0.15, 0.2) is 47.9 Å². The van der Waals surface area contributed by atoms with Crippen LogP contribution in [-0.2, 0) is 14.8 Å². The van der Waals surface area contributed by atoms with E-state index in [4.69, 9.17) is 4.74 Å². The van der Waals surface area contributed by atoms with Gasteiger partial charge in [-0.25, -0.2) is 22.3 Å². The highest BCUT2D eigenvalue weighted by molar-refractivity contribution is 7.92. The third-order valence-electron chi connectivity index (χ3n) is 5.41. The van der Waals surface area contributed by atoms with Crippen LogP contribution < -0.4 is 19.7 Å². The Morgan fingerprint density at radius 2 is 1.94 bits per heavy atom. The standard InChI is InChI=1S/C23H24FN3O5S/c1-15(18-6-9-20(24)21(12-18)32-14-17-2-3-17)26-33(30,31)11-10-16-4-7-19(8-5-16)27-13-22(28)25-23(27)29/h4-12,15,17,26H,2-3,13-14H2,1H3,(H,25,28,29)/b11-10+/t15-/m1/s1. The van der Waals surface area contributed by atoms with Gasteiger partial charge in [-0.2, -0.15) is 0 Å². The summed E-state index contributed by atoms with van der Waals surface area (Å²) >= 11 is 0. The summed E-state index contributed by atoms with van der Waals surface area (Å²) in [6, 6.07) is 9.76. The molecule has 1 saturated heterocycles. The number of sulfonamides is 1. The van der Waals surface area contributed by atoms with Crippen LogP contribution in [0.4, 0.5) is 14.9 Å². The zero-order valence-corrected chi connectivity index (χ0v) is 18.8. The number of benzene rings is 2. The number of rotatable bonds is 9. The van der Waals surface area contributed by atoms with Crippen LogP contribution in [0.5, 0.6) is 5.75 Å². The van der Waals surface area contributed by atoms with Crippen molar-refractivity contribution in [3.05, 3.63) is 64.8 Å². The Kier molecular flexibility index (Phi) is 6.48. The molecule has 0 bridgehead atoms. The van der Waals surface area contributed by atoms with Crippen molar-refractivity contribution in [2.75, 3.05) is 18.1 Å². The lowest BCUT2D eigenvalue weighted by Crippen LogP contribution is -2.27. The summed E-state index contributed by atoms with van der Waals surface area (Å²) in [6.07, 6.45) is 3.59. The number of carbonyl (C=O) groups excluding carboxylic acids is 2. The van der Waals surface area contributed by atoms with E-state index in [9.17, 15) is 22.4 Å². The van der Waals surface area contributed by atoms with Crippen LogP contribution in [-0.4, -0.2) is 33.5 Å². The van der Waals surface area contributed by atoms with Crippen molar-refractivity contribution in [2.24, 2.45) is 5.92 Å². The van der Waals surface area contributed by atoms with E-state index in [2.05, 4.69) is 10.0 Å². The van der Waals surface area contributed by atoms with E-state index in [0.29, 0.717) is 29.3 Å². The van der Waals surface area contributed by atoms with Crippen molar-refractivity contribution in [1.82, 2.24) is 10.0 Å². The second-order valence-electron chi connectivity index (χ2n) is 8.16. The third kappa shape index (κ3) is 5.96. The number of hydrogen-bond acceptors (Lipinski definition) is 5. The minimum absolute atomic E-state index is 0.0546. The average molecular weight is 474 g/mol. The highest BCUT2D eigenvalue weighted by Crippen LogP contribution is 2.31. The maximum absolute atomic E-state index is 14.0. The summed E-state index contributed by atoms with van der Waals surface area (Å²) in [4.78, 5) is 24.3. The topological polar surface area (TPSA) is 105 Å². The van der Waals surface area contributed by atoms with Gasteiger partial charge in [0.15, 0.2) is 11.6 Å². The number of anilines is 1. The number of carbonyl (C=O) groups is 2. The van der Waals surface area contributed by atoms with Crippen molar-refractivity contribution in [2.45, 2.75) is 25.8 Å². The molecule has 10 heteroatoms. The summed E-state index contributed by atoms with van der Waals surface area (Å²) in [5.74, 6) is -0.265. The van der Waals surface area contributed by atoms with Gasteiger partial charge in [-0.05, 0) is 67.2 Å². The van der Waals surface area contributed by atoms with Gasteiger partial charge in [0, 0.05) is 17.1 Å². The van der Waals surface area contributed by atoms with Crippen molar-refractivity contribution < 1.29 is 27.1 Å². The summed E-state index contributed by atoms with van der Waals surface area (Å²) in [7, 11) is -3.79. The Hall–Kier alpha value is -3.24. The van der Waals surface area contributed by atoms with Crippen LogP contribution in [0, 0.1) is 11.7 Å². The van der Waals surface area contributed by atoms with Crippen LogP contribution in [0.3, 0.4) is 0 Å². The maximum Gasteiger partial charge on any atom is 0.329 e. The maximum atomic E-state index is 14.0. The molecule has 1 aliphatic carbocycles.